The number of carbonyl (C=O) groups excluding carboxylic acids is 2. The number of H-pyrrole nitrogens is 1. The Morgan fingerprint density at radius 1 is 1.18 bits per heavy atom. The number of amides is 2. The van der Waals surface area contributed by atoms with Gasteiger partial charge in [0.2, 0.25) is 11.5 Å². The first-order valence-electron chi connectivity index (χ1n) is 11.7. The average Bonchev–Trinajstić information content (AvgIpc) is 3.45. The summed E-state index contributed by atoms with van der Waals surface area (Å²) in [6, 6.07) is 9.17. The lowest BCUT2D eigenvalue weighted by Crippen LogP contribution is -2.51. The highest BCUT2D eigenvalue weighted by atomic mass is 19.4. The SMILES string of the molecule is C[C@]1(C(N)=O)COc2c1cc([C@@](O)(CNC(=O)c1ccc3[nH]c(=O)oc3c1)C(F)(F)F)nc2-c1ccc(F)cc1. The normalized spacial score (nSPS) is 18.1. The van der Waals surface area contributed by atoms with Gasteiger partial charge in [-0.05, 0) is 55.5 Å². The van der Waals surface area contributed by atoms with Gasteiger partial charge in [-0.2, -0.15) is 13.2 Å². The van der Waals surface area contributed by atoms with Gasteiger partial charge in [0, 0.05) is 16.7 Å². The first-order chi connectivity index (χ1) is 18.7. The van der Waals surface area contributed by atoms with Gasteiger partial charge >= 0.3 is 11.9 Å². The van der Waals surface area contributed by atoms with Gasteiger partial charge in [-0.15, -0.1) is 0 Å². The number of halogens is 4. The van der Waals surface area contributed by atoms with Gasteiger partial charge in [0.15, 0.2) is 5.58 Å². The molecule has 0 saturated heterocycles. The standard InChI is InChI=1S/C26H20F4N4O6/c1-24(22(31)36)11-39-20-15(24)9-18(34-19(20)12-2-5-14(27)6-3-12)25(38,26(28,29)30)10-32-21(35)13-4-7-16-17(8-13)40-23(37)33-16/h2-9,38H,10-11H2,1H3,(H2,31,36)(H,32,35)(H,33,37)/t24-,25-/m0/s1. The molecule has 3 heterocycles. The van der Waals surface area contributed by atoms with E-state index in [1.807, 2.05) is 5.32 Å². The Balaban J connectivity index is 1.59. The number of nitrogens with two attached hydrogens (primary N) is 1. The number of aromatic nitrogens is 2. The zero-order valence-electron chi connectivity index (χ0n) is 20.6. The largest absolute Gasteiger partial charge is 0.489 e. The highest BCUT2D eigenvalue weighted by molar-refractivity contribution is 5.97. The number of pyridine rings is 1. The predicted octanol–water partition coefficient (Wildman–Crippen LogP) is 2.64. The summed E-state index contributed by atoms with van der Waals surface area (Å²) < 4.78 is 67.5. The van der Waals surface area contributed by atoms with Gasteiger partial charge < -0.3 is 25.3 Å². The van der Waals surface area contributed by atoms with Crippen molar-refractivity contribution in [1.82, 2.24) is 15.3 Å². The van der Waals surface area contributed by atoms with Gasteiger partial charge in [0.05, 0.1) is 17.8 Å². The second kappa shape index (κ2) is 9.19. The molecule has 0 bridgehead atoms. The molecule has 14 heteroatoms. The number of hydrogen-bond acceptors (Lipinski definition) is 7. The summed E-state index contributed by atoms with van der Waals surface area (Å²) >= 11 is 0. The Kier molecular flexibility index (Phi) is 6.17. The van der Waals surface area contributed by atoms with Crippen LogP contribution in [0.2, 0.25) is 0 Å². The van der Waals surface area contributed by atoms with Gasteiger partial charge in [0.1, 0.15) is 29.3 Å². The van der Waals surface area contributed by atoms with Gasteiger partial charge in [0.25, 0.3) is 5.91 Å². The summed E-state index contributed by atoms with van der Waals surface area (Å²) in [7, 11) is 0. The van der Waals surface area contributed by atoms with E-state index in [2.05, 4.69) is 9.97 Å². The monoisotopic (exact) mass is 560 g/mol. The van der Waals surface area contributed by atoms with Crippen LogP contribution in [0.25, 0.3) is 22.4 Å². The van der Waals surface area contributed by atoms with Crippen molar-refractivity contribution < 1.29 is 41.4 Å². The summed E-state index contributed by atoms with van der Waals surface area (Å²) in [6.07, 6.45) is -5.37. The lowest BCUT2D eigenvalue weighted by Gasteiger charge is -2.31. The minimum Gasteiger partial charge on any atom is -0.489 e. The van der Waals surface area contributed by atoms with E-state index in [9.17, 15) is 37.1 Å². The number of primary amides is 1. The first-order valence-corrected chi connectivity index (χ1v) is 11.7. The van der Waals surface area contributed by atoms with Crippen molar-refractivity contribution >= 4 is 22.9 Å². The minimum absolute atomic E-state index is 0.00120. The molecule has 0 fully saturated rings. The van der Waals surface area contributed by atoms with Crippen LogP contribution in [0.1, 0.15) is 28.5 Å². The van der Waals surface area contributed by atoms with Crippen LogP contribution >= 0.6 is 0 Å². The summed E-state index contributed by atoms with van der Waals surface area (Å²) in [5.74, 6) is -3.37. The Bertz CT molecular complexity index is 1720. The van der Waals surface area contributed by atoms with Crippen molar-refractivity contribution in [3.05, 3.63) is 81.7 Å². The second-order valence-corrected chi connectivity index (χ2v) is 9.49. The van der Waals surface area contributed by atoms with Crippen molar-refractivity contribution in [3.63, 3.8) is 0 Å². The molecule has 0 unspecified atom stereocenters. The third kappa shape index (κ3) is 4.35. The number of nitrogens with one attached hydrogen (secondary N) is 2. The number of aliphatic hydroxyl groups is 1. The molecule has 2 aromatic carbocycles. The maximum Gasteiger partial charge on any atom is 0.424 e. The molecule has 5 rings (SSSR count). The van der Waals surface area contributed by atoms with Crippen LogP contribution in [0.4, 0.5) is 17.6 Å². The number of hydrogen-bond donors (Lipinski definition) is 4. The predicted molar refractivity (Wildman–Crippen MR) is 131 cm³/mol. The zero-order chi connectivity index (χ0) is 29.0. The summed E-state index contributed by atoms with van der Waals surface area (Å²) in [6.45, 7) is -0.327. The molecule has 0 saturated carbocycles. The highest BCUT2D eigenvalue weighted by Gasteiger charge is 2.57. The number of carbonyl (C=O) groups is 2. The lowest BCUT2D eigenvalue weighted by molar-refractivity contribution is -0.265. The maximum atomic E-state index is 14.5. The fraction of sp³-hybridized carbons (Fsp3) is 0.231. The fourth-order valence-corrected chi connectivity index (χ4v) is 4.34. The van der Waals surface area contributed by atoms with Crippen molar-refractivity contribution in [3.8, 4) is 17.0 Å². The topological polar surface area (TPSA) is 161 Å². The summed E-state index contributed by atoms with van der Waals surface area (Å²) in [4.78, 5) is 42.8. The Labute approximate surface area is 221 Å². The molecule has 10 nitrogen and oxygen atoms in total. The van der Waals surface area contributed by atoms with Crippen LogP contribution in [0.15, 0.2) is 57.7 Å². The molecule has 208 valence electrons. The molecule has 5 N–H and O–H groups in total. The van der Waals surface area contributed by atoms with E-state index in [1.165, 1.54) is 31.2 Å². The summed E-state index contributed by atoms with van der Waals surface area (Å²) in [5.41, 5.74) is -0.739. The highest BCUT2D eigenvalue weighted by Crippen LogP contribution is 2.47. The van der Waals surface area contributed by atoms with Gasteiger partial charge in [-0.3, -0.25) is 14.6 Å². The van der Waals surface area contributed by atoms with Crippen LogP contribution in [0.5, 0.6) is 5.75 Å². The average molecular weight is 560 g/mol. The number of oxazole rings is 1. The van der Waals surface area contributed by atoms with Crippen LogP contribution in [-0.2, 0) is 15.8 Å². The van der Waals surface area contributed by atoms with Crippen LogP contribution in [-0.4, -0.2) is 46.2 Å². The minimum atomic E-state index is -5.37. The van der Waals surface area contributed by atoms with Crippen molar-refractivity contribution in [2.24, 2.45) is 5.73 Å². The van der Waals surface area contributed by atoms with Crippen LogP contribution in [0, 0.1) is 5.82 Å². The molecule has 2 aromatic heterocycles. The number of fused-ring (bicyclic) bond motifs is 2. The number of ether oxygens (including phenoxy) is 1. The first kappa shape index (κ1) is 26.9. The molecule has 0 aliphatic carbocycles. The number of rotatable bonds is 6. The van der Waals surface area contributed by atoms with E-state index < -0.39 is 52.8 Å². The summed E-state index contributed by atoms with van der Waals surface area (Å²) in [5, 5.41) is 13.1. The van der Waals surface area contributed by atoms with E-state index in [4.69, 9.17) is 14.9 Å². The third-order valence-corrected chi connectivity index (χ3v) is 6.81. The van der Waals surface area contributed by atoms with E-state index in [-0.39, 0.29) is 45.8 Å². The molecular weight excluding hydrogens is 540 g/mol. The maximum absolute atomic E-state index is 14.5. The smallest absolute Gasteiger partial charge is 0.424 e. The number of aromatic amines is 1. The Morgan fingerprint density at radius 3 is 2.52 bits per heavy atom. The lowest BCUT2D eigenvalue weighted by atomic mass is 9.81. The third-order valence-electron chi connectivity index (χ3n) is 6.81. The molecule has 1 aliphatic heterocycles. The van der Waals surface area contributed by atoms with Crippen LogP contribution < -0.4 is 21.5 Å². The van der Waals surface area contributed by atoms with Crippen LogP contribution in [0.3, 0.4) is 0 Å². The van der Waals surface area contributed by atoms with Gasteiger partial charge in [-0.25, -0.2) is 14.2 Å². The van der Waals surface area contributed by atoms with E-state index >= 15 is 0 Å². The Hall–Kier alpha value is -4.72. The van der Waals surface area contributed by atoms with Gasteiger partial charge in [-0.1, -0.05) is 0 Å². The van der Waals surface area contributed by atoms with E-state index in [0.717, 1.165) is 24.3 Å². The number of benzene rings is 2. The van der Waals surface area contributed by atoms with Crippen molar-refractivity contribution in [1.29, 1.82) is 0 Å². The molecule has 2 amide bonds. The number of nitrogens with zero attached hydrogens (tertiary/aromatic N) is 1. The quantitative estimate of drug-likeness (QED) is 0.264. The molecule has 4 aromatic rings. The van der Waals surface area contributed by atoms with E-state index in [1.54, 1.807) is 0 Å². The molecular formula is C26H20F4N4O6. The Morgan fingerprint density at radius 2 is 1.88 bits per heavy atom. The zero-order valence-corrected chi connectivity index (χ0v) is 20.6. The molecule has 0 spiro atoms. The molecule has 40 heavy (non-hydrogen) atoms. The van der Waals surface area contributed by atoms with Crippen molar-refractivity contribution in [2.75, 3.05) is 13.2 Å². The molecule has 1 aliphatic rings. The van der Waals surface area contributed by atoms with E-state index in [0.29, 0.717) is 0 Å². The molecule has 2 atom stereocenters. The van der Waals surface area contributed by atoms with Crippen molar-refractivity contribution in [2.45, 2.75) is 24.1 Å². The fourth-order valence-electron chi connectivity index (χ4n) is 4.34. The molecule has 0 radical (unpaired) electrons. The second-order valence-electron chi connectivity index (χ2n) is 9.49. The number of alkyl halides is 3.